The molecule has 0 fully saturated rings. The number of aliphatic hydroxyl groups excluding tert-OH is 1. The van der Waals surface area contributed by atoms with Crippen molar-refractivity contribution < 1.29 is 5.11 Å². The first kappa shape index (κ1) is 14.9. The van der Waals surface area contributed by atoms with Crippen LogP contribution in [0.25, 0.3) is 11.0 Å². The fraction of sp³-hybridized carbons (Fsp3) is 0.562. The third kappa shape index (κ3) is 3.73. The molecule has 1 aromatic heterocycles. The first-order valence-corrected chi connectivity index (χ1v) is 7.14. The zero-order valence-corrected chi connectivity index (χ0v) is 12.7. The van der Waals surface area contributed by atoms with E-state index in [1.165, 1.54) is 0 Å². The second-order valence-corrected chi connectivity index (χ2v) is 7.01. The van der Waals surface area contributed by atoms with Crippen molar-refractivity contribution in [1.82, 2.24) is 9.97 Å². The maximum Gasteiger partial charge on any atom is 0.323 e. The number of aromatic nitrogens is 2. The lowest BCUT2D eigenvalue weighted by molar-refractivity contribution is 0.134. The third-order valence-electron chi connectivity index (χ3n) is 3.51. The van der Waals surface area contributed by atoms with Crippen LogP contribution in [0.4, 0.5) is 0 Å². The van der Waals surface area contributed by atoms with Crippen LogP contribution in [0, 0.1) is 11.3 Å². The zero-order valence-electron chi connectivity index (χ0n) is 12.7. The van der Waals surface area contributed by atoms with Crippen molar-refractivity contribution in [3.8, 4) is 0 Å². The molecule has 1 heterocycles. The standard InChI is InChI=1S/C16H24N2O2/c1-10(9-16(2,3)4)7-14(19)11-5-6-12-13(8-11)18-15(20)17-12/h5-6,8,10,14,19H,7,9H2,1-4H3,(H2,17,18,20). The largest absolute Gasteiger partial charge is 0.388 e. The zero-order chi connectivity index (χ0) is 14.9. The van der Waals surface area contributed by atoms with E-state index in [-0.39, 0.29) is 11.1 Å². The minimum absolute atomic E-state index is 0.215. The normalized spacial score (nSPS) is 15.4. The number of fused-ring (bicyclic) bond motifs is 1. The number of hydrogen-bond acceptors (Lipinski definition) is 2. The molecule has 2 unspecified atom stereocenters. The van der Waals surface area contributed by atoms with E-state index in [1.54, 1.807) is 0 Å². The molecule has 0 bridgehead atoms. The van der Waals surface area contributed by atoms with Gasteiger partial charge in [0.1, 0.15) is 0 Å². The molecule has 4 heteroatoms. The smallest absolute Gasteiger partial charge is 0.323 e. The van der Waals surface area contributed by atoms with Crippen LogP contribution in [0.5, 0.6) is 0 Å². The molecule has 110 valence electrons. The van der Waals surface area contributed by atoms with Crippen LogP contribution >= 0.6 is 0 Å². The highest BCUT2D eigenvalue weighted by Crippen LogP contribution is 2.30. The van der Waals surface area contributed by atoms with Crippen molar-refractivity contribution in [2.75, 3.05) is 0 Å². The third-order valence-corrected chi connectivity index (χ3v) is 3.51. The first-order valence-electron chi connectivity index (χ1n) is 7.14. The predicted molar refractivity (Wildman–Crippen MR) is 81.7 cm³/mol. The van der Waals surface area contributed by atoms with Gasteiger partial charge in [0.25, 0.3) is 0 Å². The molecule has 0 aliphatic carbocycles. The molecule has 0 radical (unpaired) electrons. The first-order chi connectivity index (χ1) is 9.24. The van der Waals surface area contributed by atoms with Gasteiger partial charge in [-0.1, -0.05) is 33.8 Å². The minimum atomic E-state index is -0.491. The van der Waals surface area contributed by atoms with Crippen molar-refractivity contribution in [2.45, 2.75) is 46.6 Å². The highest BCUT2D eigenvalue weighted by molar-refractivity contribution is 5.75. The van der Waals surface area contributed by atoms with Gasteiger partial charge in [0.15, 0.2) is 0 Å². The molecule has 4 nitrogen and oxygen atoms in total. The van der Waals surface area contributed by atoms with E-state index >= 15 is 0 Å². The summed E-state index contributed by atoms with van der Waals surface area (Å²) < 4.78 is 0. The molecule has 0 saturated heterocycles. The van der Waals surface area contributed by atoms with Crippen LogP contribution in [-0.4, -0.2) is 15.1 Å². The number of benzene rings is 1. The van der Waals surface area contributed by atoms with Gasteiger partial charge in [-0.25, -0.2) is 4.79 Å². The summed E-state index contributed by atoms with van der Waals surface area (Å²) in [6.07, 6.45) is 1.32. The van der Waals surface area contributed by atoms with Crippen molar-refractivity contribution in [3.05, 3.63) is 34.2 Å². The van der Waals surface area contributed by atoms with Gasteiger partial charge in [0.2, 0.25) is 0 Å². The Kier molecular flexibility index (Phi) is 4.04. The Labute approximate surface area is 119 Å². The van der Waals surface area contributed by atoms with Crippen LogP contribution in [0.15, 0.2) is 23.0 Å². The molecule has 2 atom stereocenters. The molecule has 0 aliphatic rings. The number of rotatable bonds is 4. The van der Waals surface area contributed by atoms with Crippen LogP contribution in [-0.2, 0) is 0 Å². The van der Waals surface area contributed by atoms with Crippen LogP contribution < -0.4 is 5.69 Å². The van der Waals surface area contributed by atoms with Crippen molar-refractivity contribution in [2.24, 2.45) is 11.3 Å². The average molecular weight is 276 g/mol. The van der Waals surface area contributed by atoms with Gasteiger partial charge < -0.3 is 15.1 Å². The van der Waals surface area contributed by atoms with Gasteiger partial charge in [0, 0.05) is 0 Å². The SMILES string of the molecule is CC(CC(O)c1ccc2[nH]c(=O)[nH]c2c1)CC(C)(C)C. The van der Waals surface area contributed by atoms with Crippen molar-refractivity contribution in [3.63, 3.8) is 0 Å². The Morgan fingerprint density at radius 3 is 2.50 bits per heavy atom. The number of H-pyrrole nitrogens is 2. The van der Waals surface area contributed by atoms with Crippen molar-refractivity contribution in [1.29, 1.82) is 0 Å². The van der Waals surface area contributed by atoms with E-state index in [2.05, 4.69) is 37.7 Å². The van der Waals surface area contributed by atoms with Gasteiger partial charge >= 0.3 is 5.69 Å². The summed E-state index contributed by atoms with van der Waals surface area (Å²) in [7, 11) is 0. The maximum atomic E-state index is 11.2. The Bertz CT molecular complexity index is 634. The Morgan fingerprint density at radius 1 is 1.20 bits per heavy atom. The Hall–Kier alpha value is -1.55. The number of hydrogen-bond donors (Lipinski definition) is 3. The molecule has 3 N–H and O–H groups in total. The number of aliphatic hydroxyl groups is 1. The molecule has 0 spiro atoms. The lowest BCUT2D eigenvalue weighted by Gasteiger charge is -2.25. The number of imidazole rings is 1. The molecule has 0 aliphatic heterocycles. The molecular formula is C16H24N2O2. The molecule has 1 aromatic carbocycles. The fourth-order valence-corrected chi connectivity index (χ4v) is 2.90. The van der Waals surface area contributed by atoms with Crippen LogP contribution in [0.2, 0.25) is 0 Å². The summed E-state index contributed by atoms with van der Waals surface area (Å²) in [5.74, 6) is 0.450. The summed E-state index contributed by atoms with van der Waals surface area (Å²) in [6, 6.07) is 5.56. The van der Waals surface area contributed by atoms with Gasteiger partial charge in [0.05, 0.1) is 17.1 Å². The van der Waals surface area contributed by atoms with Crippen molar-refractivity contribution >= 4 is 11.0 Å². The molecule has 20 heavy (non-hydrogen) atoms. The summed E-state index contributed by atoms with van der Waals surface area (Å²) >= 11 is 0. The second kappa shape index (κ2) is 5.44. The lowest BCUT2D eigenvalue weighted by atomic mass is 9.82. The van der Waals surface area contributed by atoms with E-state index in [4.69, 9.17) is 0 Å². The summed E-state index contributed by atoms with van der Waals surface area (Å²) in [4.78, 5) is 16.7. The summed E-state index contributed by atoms with van der Waals surface area (Å²) in [5.41, 5.74) is 2.43. The van der Waals surface area contributed by atoms with Gasteiger partial charge in [-0.15, -0.1) is 0 Å². The van der Waals surface area contributed by atoms with E-state index in [9.17, 15) is 9.90 Å². The quantitative estimate of drug-likeness (QED) is 0.801. The van der Waals surface area contributed by atoms with E-state index in [1.807, 2.05) is 18.2 Å². The van der Waals surface area contributed by atoms with Gasteiger partial charge in [-0.2, -0.15) is 0 Å². The van der Waals surface area contributed by atoms with Gasteiger partial charge in [-0.05, 0) is 41.9 Å². The highest BCUT2D eigenvalue weighted by Gasteiger charge is 2.19. The molecular weight excluding hydrogens is 252 g/mol. The molecule has 2 aromatic rings. The topological polar surface area (TPSA) is 68.9 Å². The highest BCUT2D eigenvalue weighted by atomic mass is 16.3. The van der Waals surface area contributed by atoms with Crippen LogP contribution in [0.1, 0.15) is 52.2 Å². The monoisotopic (exact) mass is 276 g/mol. The maximum absolute atomic E-state index is 11.2. The van der Waals surface area contributed by atoms with Crippen LogP contribution in [0.3, 0.4) is 0 Å². The molecule has 2 rings (SSSR count). The van der Waals surface area contributed by atoms with Gasteiger partial charge in [-0.3, -0.25) is 0 Å². The lowest BCUT2D eigenvalue weighted by Crippen LogP contribution is -2.13. The average Bonchev–Trinajstić information content (AvgIpc) is 2.64. The number of nitrogens with one attached hydrogen (secondary N) is 2. The minimum Gasteiger partial charge on any atom is -0.388 e. The predicted octanol–water partition coefficient (Wildman–Crippen LogP) is 3.35. The van der Waals surface area contributed by atoms with E-state index in [0.717, 1.165) is 29.4 Å². The molecule has 0 amide bonds. The molecule has 0 saturated carbocycles. The Morgan fingerprint density at radius 2 is 1.85 bits per heavy atom. The summed E-state index contributed by atoms with van der Waals surface area (Å²) in [6.45, 7) is 8.82. The van der Waals surface area contributed by atoms with E-state index < -0.39 is 6.10 Å². The fourth-order valence-electron chi connectivity index (χ4n) is 2.90. The van der Waals surface area contributed by atoms with E-state index in [0.29, 0.717) is 5.92 Å². The Balaban J connectivity index is 2.10. The second-order valence-electron chi connectivity index (χ2n) is 7.01. The number of aromatic amines is 2. The summed E-state index contributed by atoms with van der Waals surface area (Å²) in [5, 5.41) is 10.4.